The highest BCUT2D eigenvalue weighted by atomic mass is 16.3. The van der Waals surface area contributed by atoms with Crippen LogP contribution in [0.1, 0.15) is 11.1 Å². The Labute approximate surface area is 146 Å². The van der Waals surface area contributed by atoms with Crippen LogP contribution in [0, 0.1) is 0 Å². The molecular weight excluding hydrogens is 316 g/mol. The number of urea groups is 1. The molecule has 25 heavy (non-hydrogen) atoms. The molecule has 1 heterocycles. The van der Waals surface area contributed by atoms with Crippen molar-refractivity contribution in [2.75, 3.05) is 5.32 Å². The van der Waals surface area contributed by atoms with Gasteiger partial charge in [0.15, 0.2) is 0 Å². The molecule has 0 radical (unpaired) electrons. The molecule has 0 atom stereocenters. The molecule has 1 aromatic heterocycles. The maximum absolute atomic E-state index is 12.1. The quantitative estimate of drug-likeness (QED) is 0.670. The molecule has 0 saturated carbocycles. The first-order valence-corrected chi connectivity index (χ1v) is 7.97. The highest BCUT2D eigenvalue weighted by molar-refractivity contribution is 5.89. The summed E-state index contributed by atoms with van der Waals surface area (Å²) in [5, 5.41) is 15.0. The van der Waals surface area contributed by atoms with E-state index >= 15 is 0 Å². The van der Waals surface area contributed by atoms with Crippen molar-refractivity contribution in [3.05, 3.63) is 72.1 Å². The van der Waals surface area contributed by atoms with Gasteiger partial charge in [0.05, 0.1) is 6.61 Å². The summed E-state index contributed by atoms with van der Waals surface area (Å²) < 4.78 is 1.92. The number of aryl methyl sites for hydroxylation is 1. The van der Waals surface area contributed by atoms with Gasteiger partial charge in [0.25, 0.3) is 0 Å². The molecule has 0 spiro atoms. The zero-order valence-corrected chi connectivity index (χ0v) is 13.9. The number of aliphatic hydroxyl groups excluding tert-OH is 1. The lowest BCUT2D eigenvalue weighted by Gasteiger charge is -2.11. The van der Waals surface area contributed by atoms with Gasteiger partial charge in [-0.05, 0) is 23.3 Å². The van der Waals surface area contributed by atoms with Gasteiger partial charge >= 0.3 is 6.03 Å². The van der Waals surface area contributed by atoms with Crippen LogP contribution in [0.3, 0.4) is 0 Å². The predicted octanol–water partition coefficient (Wildman–Crippen LogP) is 2.90. The number of carbonyl (C=O) groups is 1. The molecule has 0 saturated heterocycles. The van der Waals surface area contributed by atoms with Gasteiger partial charge in [-0.25, -0.2) is 9.78 Å². The first kappa shape index (κ1) is 16.7. The minimum atomic E-state index is -0.301. The number of rotatable bonds is 5. The van der Waals surface area contributed by atoms with E-state index in [1.165, 1.54) is 0 Å². The average Bonchev–Trinajstić information content (AvgIpc) is 3.06. The second kappa shape index (κ2) is 7.63. The third-order valence-corrected chi connectivity index (χ3v) is 3.93. The Morgan fingerprint density at radius 2 is 1.96 bits per heavy atom. The van der Waals surface area contributed by atoms with E-state index in [1.54, 1.807) is 6.20 Å². The largest absolute Gasteiger partial charge is 0.392 e. The molecule has 6 nitrogen and oxygen atoms in total. The van der Waals surface area contributed by atoms with Crippen molar-refractivity contribution in [2.24, 2.45) is 7.05 Å². The molecule has 0 aliphatic heterocycles. The summed E-state index contributed by atoms with van der Waals surface area (Å²) in [5.41, 5.74) is 3.31. The van der Waals surface area contributed by atoms with E-state index in [-0.39, 0.29) is 12.6 Å². The average molecular weight is 336 g/mol. The van der Waals surface area contributed by atoms with Crippen LogP contribution in [0.4, 0.5) is 10.5 Å². The predicted molar refractivity (Wildman–Crippen MR) is 96.9 cm³/mol. The Hall–Kier alpha value is -3.12. The molecular formula is C19H20N4O2. The fourth-order valence-electron chi connectivity index (χ4n) is 2.61. The molecule has 3 N–H and O–H groups in total. The second-order valence-corrected chi connectivity index (χ2v) is 5.68. The zero-order valence-electron chi connectivity index (χ0n) is 13.9. The van der Waals surface area contributed by atoms with Crippen LogP contribution in [-0.2, 0) is 20.2 Å². The van der Waals surface area contributed by atoms with E-state index in [0.717, 1.165) is 22.5 Å². The van der Waals surface area contributed by atoms with Crippen LogP contribution in [0.25, 0.3) is 11.4 Å². The maximum Gasteiger partial charge on any atom is 0.319 e. The Kier molecular flexibility index (Phi) is 5.11. The number of amides is 2. The number of carbonyl (C=O) groups excluding carboxylic acids is 1. The van der Waals surface area contributed by atoms with Gasteiger partial charge in [0.1, 0.15) is 5.82 Å². The summed E-state index contributed by atoms with van der Waals surface area (Å²) in [5.74, 6) is 0.834. The highest BCUT2D eigenvalue weighted by Gasteiger charge is 2.07. The van der Waals surface area contributed by atoms with Crippen molar-refractivity contribution in [2.45, 2.75) is 13.2 Å². The summed E-state index contributed by atoms with van der Waals surface area (Å²) in [6, 6.07) is 14.7. The Balaban J connectivity index is 1.64. The molecule has 0 unspecified atom stereocenters. The molecule has 3 rings (SSSR count). The van der Waals surface area contributed by atoms with E-state index in [1.807, 2.05) is 66.3 Å². The fraction of sp³-hybridized carbons (Fsp3) is 0.158. The normalized spacial score (nSPS) is 10.5. The lowest BCUT2D eigenvalue weighted by Crippen LogP contribution is -2.28. The van der Waals surface area contributed by atoms with E-state index in [2.05, 4.69) is 15.6 Å². The summed E-state index contributed by atoms with van der Waals surface area (Å²) in [7, 11) is 1.92. The second-order valence-electron chi connectivity index (χ2n) is 5.68. The fourth-order valence-corrected chi connectivity index (χ4v) is 2.61. The zero-order chi connectivity index (χ0) is 17.6. The van der Waals surface area contributed by atoms with Crippen LogP contribution in [0.2, 0.25) is 0 Å². The molecule has 0 aliphatic rings. The first-order chi connectivity index (χ1) is 12.2. The number of nitrogens with one attached hydrogen (secondary N) is 2. The minimum Gasteiger partial charge on any atom is -0.392 e. The van der Waals surface area contributed by atoms with Crippen LogP contribution >= 0.6 is 0 Å². The third kappa shape index (κ3) is 4.05. The molecule has 0 aliphatic carbocycles. The Bertz CT molecular complexity index is 873. The molecule has 2 aromatic carbocycles. The standard InChI is InChI=1S/C19H20N4O2/c1-23-10-9-20-18(23)14-7-4-8-17(11-14)22-19(25)21-12-15-5-2-3-6-16(15)13-24/h2-11,24H,12-13H2,1H3,(H2,21,22,25). The number of aromatic nitrogens is 2. The smallest absolute Gasteiger partial charge is 0.319 e. The van der Waals surface area contributed by atoms with Crippen LogP contribution in [-0.4, -0.2) is 20.7 Å². The highest BCUT2D eigenvalue weighted by Crippen LogP contribution is 2.20. The Morgan fingerprint density at radius 1 is 1.16 bits per heavy atom. The maximum atomic E-state index is 12.1. The van der Waals surface area contributed by atoms with E-state index < -0.39 is 0 Å². The van der Waals surface area contributed by atoms with Gasteiger partial charge in [-0.15, -0.1) is 0 Å². The molecule has 128 valence electrons. The molecule has 2 amide bonds. The number of imidazole rings is 1. The van der Waals surface area contributed by atoms with E-state index in [4.69, 9.17) is 0 Å². The van der Waals surface area contributed by atoms with E-state index in [0.29, 0.717) is 12.2 Å². The number of hydrogen-bond donors (Lipinski definition) is 3. The van der Waals surface area contributed by atoms with Gasteiger partial charge in [-0.1, -0.05) is 36.4 Å². The molecule has 0 fully saturated rings. The number of aliphatic hydroxyl groups is 1. The van der Waals surface area contributed by atoms with Crippen molar-refractivity contribution < 1.29 is 9.90 Å². The first-order valence-electron chi connectivity index (χ1n) is 7.97. The summed E-state index contributed by atoms with van der Waals surface area (Å²) in [6.07, 6.45) is 3.61. The van der Waals surface area contributed by atoms with Crippen LogP contribution in [0.15, 0.2) is 60.9 Å². The number of anilines is 1. The number of benzene rings is 2. The van der Waals surface area contributed by atoms with Crippen LogP contribution < -0.4 is 10.6 Å². The monoisotopic (exact) mass is 336 g/mol. The lowest BCUT2D eigenvalue weighted by molar-refractivity contribution is 0.251. The van der Waals surface area contributed by atoms with Crippen molar-refractivity contribution in [3.8, 4) is 11.4 Å². The summed E-state index contributed by atoms with van der Waals surface area (Å²) in [6.45, 7) is 0.298. The van der Waals surface area contributed by atoms with Crippen molar-refractivity contribution in [1.82, 2.24) is 14.9 Å². The number of hydrogen-bond acceptors (Lipinski definition) is 3. The van der Waals surface area contributed by atoms with Crippen LogP contribution in [0.5, 0.6) is 0 Å². The Morgan fingerprint density at radius 3 is 2.68 bits per heavy atom. The minimum absolute atomic E-state index is 0.0504. The van der Waals surface area contributed by atoms with Gasteiger partial charge in [0.2, 0.25) is 0 Å². The van der Waals surface area contributed by atoms with Gasteiger partial charge in [-0.3, -0.25) is 0 Å². The third-order valence-electron chi connectivity index (χ3n) is 3.93. The van der Waals surface area contributed by atoms with Crippen molar-refractivity contribution >= 4 is 11.7 Å². The summed E-state index contributed by atoms with van der Waals surface area (Å²) >= 11 is 0. The topological polar surface area (TPSA) is 79.2 Å². The van der Waals surface area contributed by atoms with Gasteiger partial charge in [0, 0.05) is 37.2 Å². The van der Waals surface area contributed by atoms with Crippen molar-refractivity contribution in [1.29, 1.82) is 0 Å². The number of nitrogens with zero attached hydrogens (tertiary/aromatic N) is 2. The molecule has 6 heteroatoms. The summed E-state index contributed by atoms with van der Waals surface area (Å²) in [4.78, 5) is 16.5. The molecule has 3 aromatic rings. The SMILES string of the molecule is Cn1ccnc1-c1cccc(NC(=O)NCc2ccccc2CO)c1. The van der Waals surface area contributed by atoms with Gasteiger partial charge in [-0.2, -0.15) is 0 Å². The lowest BCUT2D eigenvalue weighted by atomic mass is 10.1. The van der Waals surface area contributed by atoms with Gasteiger partial charge < -0.3 is 20.3 Å². The molecule has 0 bridgehead atoms. The van der Waals surface area contributed by atoms with E-state index in [9.17, 15) is 9.90 Å². The van der Waals surface area contributed by atoms with Crippen molar-refractivity contribution in [3.63, 3.8) is 0 Å².